The lowest BCUT2D eigenvalue weighted by Gasteiger charge is -2.25. The predicted molar refractivity (Wildman–Crippen MR) is 87.1 cm³/mol. The van der Waals surface area contributed by atoms with Gasteiger partial charge in [0, 0.05) is 31.7 Å². The molecular formula is C16H23N5O2. The minimum absolute atomic E-state index is 0.239. The van der Waals surface area contributed by atoms with E-state index in [1.807, 2.05) is 32.2 Å². The van der Waals surface area contributed by atoms with Crippen molar-refractivity contribution in [1.82, 2.24) is 25.2 Å². The Morgan fingerprint density at radius 1 is 1.30 bits per heavy atom. The summed E-state index contributed by atoms with van der Waals surface area (Å²) < 4.78 is 1.80. The molecule has 2 heterocycles. The van der Waals surface area contributed by atoms with E-state index in [-0.39, 0.29) is 12.6 Å². The molecule has 0 aliphatic carbocycles. The zero-order valence-corrected chi connectivity index (χ0v) is 13.5. The number of nitrogens with zero attached hydrogens (tertiary/aromatic N) is 3. The number of rotatable bonds is 7. The number of hydrogen-bond donors (Lipinski definition) is 3. The van der Waals surface area contributed by atoms with E-state index >= 15 is 0 Å². The molecule has 0 saturated carbocycles. The summed E-state index contributed by atoms with van der Waals surface area (Å²) in [5, 5.41) is 15.6. The van der Waals surface area contributed by atoms with Crippen molar-refractivity contribution in [3.63, 3.8) is 0 Å². The molecule has 2 aromatic rings. The summed E-state index contributed by atoms with van der Waals surface area (Å²) in [5.41, 5.74) is 0.0860. The van der Waals surface area contributed by atoms with Crippen LogP contribution in [0.4, 0.5) is 4.79 Å². The van der Waals surface area contributed by atoms with E-state index in [0.29, 0.717) is 19.4 Å². The molecule has 0 fully saturated rings. The second-order valence-corrected chi connectivity index (χ2v) is 5.46. The number of urea groups is 1. The van der Waals surface area contributed by atoms with Crippen LogP contribution in [0.25, 0.3) is 5.82 Å². The number of aromatic nitrogens is 3. The second-order valence-electron chi connectivity index (χ2n) is 5.46. The number of hydrogen-bond acceptors (Lipinski definition) is 4. The van der Waals surface area contributed by atoms with Crippen LogP contribution in [-0.2, 0) is 6.54 Å². The maximum Gasteiger partial charge on any atom is 0.315 e. The normalized spacial score (nSPS) is 11.3. The molecule has 0 saturated heterocycles. The van der Waals surface area contributed by atoms with Gasteiger partial charge in [-0.3, -0.25) is 4.57 Å². The van der Waals surface area contributed by atoms with Crippen LogP contribution in [0.15, 0.2) is 37.1 Å². The Hall–Kier alpha value is -2.41. The van der Waals surface area contributed by atoms with Crippen molar-refractivity contribution in [2.45, 2.75) is 38.8 Å². The summed E-state index contributed by atoms with van der Waals surface area (Å²) in [6, 6.07) is 3.43. The van der Waals surface area contributed by atoms with E-state index in [1.165, 1.54) is 0 Å². The molecule has 0 spiro atoms. The number of nitrogens with one attached hydrogen (secondary N) is 2. The van der Waals surface area contributed by atoms with E-state index < -0.39 is 5.60 Å². The highest BCUT2D eigenvalue weighted by atomic mass is 16.3. The molecule has 23 heavy (non-hydrogen) atoms. The maximum absolute atomic E-state index is 11.8. The number of carbonyl (C=O) groups is 1. The SMILES string of the molecule is CCC(O)(CC)CNC(=O)NCc1ccnc(-n2ccnc2)c1. The van der Waals surface area contributed by atoms with Crippen molar-refractivity contribution in [3.05, 3.63) is 42.6 Å². The lowest BCUT2D eigenvalue weighted by Crippen LogP contribution is -2.45. The molecule has 2 rings (SSSR count). The number of imidazole rings is 1. The summed E-state index contributed by atoms with van der Waals surface area (Å²) in [5.74, 6) is 0.744. The molecular weight excluding hydrogens is 294 g/mol. The molecule has 2 amide bonds. The van der Waals surface area contributed by atoms with Crippen LogP contribution < -0.4 is 10.6 Å². The molecule has 7 heteroatoms. The molecule has 2 aromatic heterocycles. The third-order valence-electron chi connectivity index (χ3n) is 3.93. The largest absolute Gasteiger partial charge is 0.388 e. The standard InChI is InChI=1S/C16H23N5O2/c1-3-16(23,4-2)11-20-15(22)19-10-13-5-6-18-14(9-13)21-8-7-17-12-21/h5-9,12,23H,3-4,10-11H2,1-2H3,(H2,19,20,22). The van der Waals surface area contributed by atoms with Gasteiger partial charge >= 0.3 is 6.03 Å². The Kier molecular flexibility index (Phi) is 5.70. The average Bonchev–Trinajstić information content (AvgIpc) is 3.13. The monoisotopic (exact) mass is 317 g/mol. The van der Waals surface area contributed by atoms with Crippen molar-refractivity contribution in [3.8, 4) is 5.82 Å². The lowest BCUT2D eigenvalue weighted by molar-refractivity contribution is 0.0349. The molecule has 0 aliphatic heterocycles. The average molecular weight is 317 g/mol. The zero-order chi connectivity index (χ0) is 16.7. The predicted octanol–water partition coefficient (Wildman–Crippen LogP) is 1.62. The van der Waals surface area contributed by atoms with Crippen LogP contribution in [0.3, 0.4) is 0 Å². The highest BCUT2D eigenvalue weighted by Crippen LogP contribution is 2.12. The van der Waals surface area contributed by atoms with Gasteiger partial charge in [-0.05, 0) is 30.5 Å². The van der Waals surface area contributed by atoms with Gasteiger partial charge in [-0.2, -0.15) is 0 Å². The first-order valence-corrected chi connectivity index (χ1v) is 7.73. The van der Waals surface area contributed by atoms with Crippen molar-refractivity contribution in [2.24, 2.45) is 0 Å². The first-order chi connectivity index (χ1) is 11.1. The molecule has 0 aliphatic rings. The summed E-state index contributed by atoms with van der Waals surface area (Å²) >= 11 is 0. The Labute approximate surface area is 135 Å². The fourth-order valence-corrected chi connectivity index (χ4v) is 2.10. The van der Waals surface area contributed by atoms with Gasteiger partial charge in [0.15, 0.2) is 0 Å². The minimum Gasteiger partial charge on any atom is -0.388 e. The molecule has 0 atom stereocenters. The number of aliphatic hydroxyl groups is 1. The molecule has 0 aromatic carbocycles. The Bertz CT molecular complexity index is 623. The van der Waals surface area contributed by atoms with Gasteiger partial charge in [0.25, 0.3) is 0 Å². The van der Waals surface area contributed by atoms with E-state index in [9.17, 15) is 9.90 Å². The number of amides is 2. The second kappa shape index (κ2) is 7.73. The third-order valence-corrected chi connectivity index (χ3v) is 3.93. The third kappa shape index (κ3) is 4.79. The Morgan fingerprint density at radius 3 is 2.74 bits per heavy atom. The summed E-state index contributed by atoms with van der Waals surface area (Å²) in [7, 11) is 0. The van der Waals surface area contributed by atoms with Gasteiger partial charge in [0.2, 0.25) is 0 Å². The van der Waals surface area contributed by atoms with Crippen molar-refractivity contribution < 1.29 is 9.90 Å². The van der Waals surface area contributed by atoms with Gasteiger partial charge < -0.3 is 15.7 Å². The van der Waals surface area contributed by atoms with Crippen LogP contribution in [0.2, 0.25) is 0 Å². The van der Waals surface area contributed by atoms with Gasteiger partial charge in [-0.25, -0.2) is 14.8 Å². The summed E-state index contributed by atoms with van der Waals surface area (Å²) in [6.07, 6.45) is 8.05. The maximum atomic E-state index is 11.8. The molecule has 7 nitrogen and oxygen atoms in total. The molecule has 0 unspecified atom stereocenters. The minimum atomic E-state index is -0.845. The van der Waals surface area contributed by atoms with Crippen LogP contribution in [0.1, 0.15) is 32.3 Å². The topological polar surface area (TPSA) is 92.1 Å². The molecule has 124 valence electrons. The van der Waals surface area contributed by atoms with E-state index in [1.54, 1.807) is 23.3 Å². The molecule has 0 radical (unpaired) electrons. The fourth-order valence-electron chi connectivity index (χ4n) is 2.10. The first kappa shape index (κ1) is 17.0. The van der Waals surface area contributed by atoms with Crippen molar-refractivity contribution >= 4 is 6.03 Å². The van der Waals surface area contributed by atoms with Gasteiger partial charge in [-0.1, -0.05) is 13.8 Å². The van der Waals surface area contributed by atoms with Crippen LogP contribution in [0.5, 0.6) is 0 Å². The van der Waals surface area contributed by atoms with E-state index in [2.05, 4.69) is 20.6 Å². The van der Waals surface area contributed by atoms with Crippen molar-refractivity contribution in [1.29, 1.82) is 0 Å². The van der Waals surface area contributed by atoms with Crippen LogP contribution in [0, 0.1) is 0 Å². The van der Waals surface area contributed by atoms with E-state index in [4.69, 9.17) is 0 Å². The number of carbonyl (C=O) groups excluding carboxylic acids is 1. The number of pyridine rings is 1. The molecule has 0 bridgehead atoms. The van der Waals surface area contributed by atoms with Crippen molar-refractivity contribution in [2.75, 3.05) is 6.54 Å². The highest BCUT2D eigenvalue weighted by molar-refractivity contribution is 5.73. The Balaban J connectivity index is 1.86. The van der Waals surface area contributed by atoms with E-state index in [0.717, 1.165) is 11.4 Å². The lowest BCUT2D eigenvalue weighted by atomic mass is 9.98. The van der Waals surface area contributed by atoms with Gasteiger partial charge in [0.1, 0.15) is 12.1 Å². The summed E-state index contributed by atoms with van der Waals surface area (Å²) in [4.78, 5) is 20.1. The van der Waals surface area contributed by atoms with Gasteiger partial charge in [-0.15, -0.1) is 0 Å². The summed E-state index contributed by atoms with van der Waals surface area (Å²) in [6.45, 7) is 4.42. The molecule has 3 N–H and O–H groups in total. The van der Waals surface area contributed by atoms with Crippen LogP contribution >= 0.6 is 0 Å². The fraction of sp³-hybridized carbons (Fsp3) is 0.438. The smallest absolute Gasteiger partial charge is 0.315 e. The Morgan fingerprint density at radius 2 is 2.09 bits per heavy atom. The first-order valence-electron chi connectivity index (χ1n) is 7.73. The van der Waals surface area contributed by atoms with Crippen LogP contribution in [-0.4, -0.2) is 37.8 Å². The zero-order valence-electron chi connectivity index (χ0n) is 13.5. The quantitative estimate of drug-likeness (QED) is 0.723. The van der Waals surface area contributed by atoms with Gasteiger partial charge in [0.05, 0.1) is 5.60 Å². The highest BCUT2D eigenvalue weighted by Gasteiger charge is 2.22.